The quantitative estimate of drug-likeness (QED) is 0.316. The van der Waals surface area contributed by atoms with E-state index in [1.165, 1.54) is 0 Å². The average Bonchev–Trinajstić information content (AvgIpc) is 2.71. The number of anilines is 3. The zero-order chi connectivity index (χ0) is 20.7. The molecular formula is C21H28N5O2+. The van der Waals surface area contributed by atoms with Crippen molar-refractivity contribution in [3.63, 3.8) is 0 Å². The van der Waals surface area contributed by atoms with Crippen molar-refractivity contribution >= 4 is 34.4 Å². The molecule has 0 saturated carbocycles. The Kier molecular flexibility index (Phi) is 7.17. The highest BCUT2D eigenvalue weighted by Gasteiger charge is 2.23. The minimum absolute atomic E-state index is 0.134. The summed E-state index contributed by atoms with van der Waals surface area (Å²) in [6.45, 7) is 6.11. The van der Waals surface area contributed by atoms with E-state index < -0.39 is 5.97 Å². The molecule has 148 valence electrons. The van der Waals surface area contributed by atoms with Crippen molar-refractivity contribution in [3.05, 3.63) is 60.8 Å². The number of esters is 1. The molecule has 7 nitrogen and oxygen atoms in total. The zero-order valence-electron chi connectivity index (χ0n) is 16.8. The van der Waals surface area contributed by atoms with Crippen LogP contribution in [0.15, 0.2) is 65.9 Å². The van der Waals surface area contributed by atoms with E-state index in [9.17, 15) is 4.79 Å². The Morgan fingerprint density at radius 3 is 2.43 bits per heavy atom. The van der Waals surface area contributed by atoms with E-state index in [0.29, 0.717) is 11.4 Å². The molecule has 0 fully saturated rings. The molecule has 0 bridgehead atoms. The number of hydrogen-bond donors (Lipinski definition) is 2. The Labute approximate surface area is 166 Å². The van der Waals surface area contributed by atoms with Gasteiger partial charge in [0.05, 0.1) is 25.0 Å². The van der Waals surface area contributed by atoms with Crippen molar-refractivity contribution < 1.29 is 14.8 Å². The van der Waals surface area contributed by atoms with Gasteiger partial charge in [-0.1, -0.05) is 18.7 Å². The molecule has 4 N–H and O–H groups in total. The van der Waals surface area contributed by atoms with Crippen molar-refractivity contribution in [2.24, 2.45) is 5.10 Å². The molecule has 0 saturated heterocycles. The van der Waals surface area contributed by atoms with Gasteiger partial charge < -0.3 is 20.7 Å². The molecule has 0 aliphatic carbocycles. The zero-order valence-corrected chi connectivity index (χ0v) is 16.8. The maximum absolute atomic E-state index is 12.6. The van der Waals surface area contributed by atoms with Crippen molar-refractivity contribution in [3.8, 4) is 0 Å². The molecule has 0 amide bonds. The first-order valence-corrected chi connectivity index (χ1v) is 9.05. The minimum Gasteiger partial charge on any atom is -0.461 e. The maximum Gasteiger partial charge on any atom is 0.360 e. The number of rotatable bonds is 8. The fraction of sp³-hybridized carbons (Fsp3) is 0.238. The third-order valence-corrected chi connectivity index (χ3v) is 4.27. The first-order chi connectivity index (χ1) is 13.4. The van der Waals surface area contributed by atoms with Gasteiger partial charge in [0.25, 0.3) is 0 Å². The third kappa shape index (κ3) is 4.89. The Hall–Kier alpha value is -3.32. The molecule has 0 aliphatic rings. The lowest BCUT2D eigenvalue weighted by Gasteiger charge is -2.24. The fourth-order valence-corrected chi connectivity index (χ4v) is 2.65. The van der Waals surface area contributed by atoms with Crippen LogP contribution in [-0.4, -0.2) is 39.4 Å². The summed E-state index contributed by atoms with van der Waals surface area (Å²) in [5.41, 5.74) is 9.71. The van der Waals surface area contributed by atoms with E-state index in [1.54, 1.807) is 31.1 Å². The summed E-state index contributed by atoms with van der Waals surface area (Å²) in [6.07, 6.45) is 0. The van der Waals surface area contributed by atoms with E-state index in [4.69, 9.17) is 10.5 Å². The van der Waals surface area contributed by atoms with Crippen molar-refractivity contribution in [2.45, 2.75) is 6.92 Å². The van der Waals surface area contributed by atoms with Crippen LogP contribution in [0.2, 0.25) is 0 Å². The number of hydrogen-bond acceptors (Lipinski definition) is 6. The summed E-state index contributed by atoms with van der Waals surface area (Å²) in [5, 5.41) is 8.08. The first kappa shape index (κ1) is 21.0. The van der Waals surface area contributed by atoms with Gasteiger partial charge in [0.1, 0.15) is 5.69 Å². The van der Waals surface area contributed by atoms with Crippen LogP contribution in [-0.2, 0) is 9.53 Å². The van der Waals surface area contributed by atoms with E-state index in [2.05, 4.69) is 11.7 Å². The predicted octanol–water partition coefficient (Wildman–Crippen LogP) is 2.10. The molecule has 2 aromatic carbocycles. The summed E-state index contributed by atoms with van der Waals surface area (Å²) in [7, 11) is 5.57. The number of para-hydroxylation sites is 2. The van der Waals surface area contributed by atoms with E-state index in [-0.39, 0.29) is 12.3 Å². The second-order valence-corrected chi connectivity index (χ2v) is 6.14. The molecule has 0 unspecified atom stereocenters. The van der Waals surface area contributed by atoms with Crippen LogP contribution in [0.3, 0.4) is 0 Å². The largest absolute Gasteiger partial charge is 0.461 e. The van der Waals surface area contributed by atoms with Crippen molar-refractivity contribution in [1.29, 1.82) is 0 Å². The molecule has 0 spiro atoms. The highest BCUT2D eigenvalue weighted by molar-refractivity contribution is 6.44. The van der Waals surface area contributed by atoms with Gasteiger partial charge in [-0.2, -0.15) is 5.10 Å². The number of carbonyl (C=O) groups is 1. The highest BCUT2D eigenvalue weighted by atomic mass is 16.5. The second-order valence-electron chi connectivity index (χ2n) is 6.14. The monoisotopic (exact) mass is 382 g/mol. The maximum atomic E-state index is 12.6. The molecule has 0 atom stereocenters. The number of nitrogens with zero attached hydrogens (tertiary/aromatic N) is 3. The van der Waals surface area contributed by atoms with Crippen LogP contribution in [0, 0.1) is 0 Å². The Balaban J connectivity index is 2.40. The van der Waals surface area contributed by atoms with E-state index in [1.807, 2.05) is 60.7 Å². The number of benzene rings is 2. The lowest BCUT2D eigenvalue weighted by atomic mass is 10.2. The summed E-state index contributed by atoms with van der Waals surface area (Å²) in [6, 6.07) is 15.1. The van der Waals surface area contributed by atoms with Gasteiger partial charge in [-0.3, -0.25) is 5.01 Å². The highest BCUT2D eigenvalue weighted by Crippen LogP contribution is 2.24. The van der Waals surface area contributed by atoms with E-state index in [0.717, 1.165) is 17.1 Å². The lowest BCUT2D eigenvalue weighted by Crippen LogP contribution is -2.73. The van der Waals surface area contributed by atoms with Gasteiger partial charge in [-0.25, -0.2) is 4.79 Å². The van der Waals surface area contributed by atoms with Crippen LogP contribution in [0.5, 0.6) is 0 Å². The van der Waals surface area contributed by atoms with Crippen LogP contribution < -0.4 is 21.0 Å². The van der Waals surface area contributed by atoms with Gasteiger partial charge >= 0.3 is 5.97 Å². The van der Waals surface area contributed by atoms with E-state index >= 15 is 0 Å². The van der Waals surface area contributed by atoms with Gasteiger partial charge in [0, 0.05) is 25.8 Å². The minimum atomic E-state index is -0.528. The Bertz CT molecular complexity index is 861. The predicted molar refractivity (Wildman–Crippen MR) is 115 cm³/mol. The van der Waals surface area contributed by atoms with Crippen LogP contribution >= 0.6 is 0 Å². The van der Waals surface area contributed by atoms with Crippen LogP contribution in [0.25, 0.3) is 0 Å². The van der Waals surface area contributed by atoms with Gasteiger partial charge in [-0.15, -0.1) is 0 Å². The molecule has 2 aromatic rings. The second kappa shape index (κ2) is 9.57. The molecule has 28 heavy (non-hydrogen) atoms. The Morgan fingerprint density at radius 1 is 1.18 bits per heavy atom. The van der Waals surface area contributed by atoms with Gasteiger partial charge in [-0.05, 0) is 37.3 Å². The van der Waals surface area contributed by atoms with Crippen LogP contribution in [0.1, 0.15) is 6.92 Å². The SMILES string of the molecule is C=C(/C(=N/N(C)c1ccc(N)cc1)C(=O)OCC)N(C)c1ccccc1[NH2+]C. The number of ether oxygens (including phenoxy) is 1. The average molecular weight is 382 g/mol. The normalized spacial score (nSPS) is 11.1. The topological polar surface area (TPSA) is 87.8 Å². The number of carbonyl (C=O) groups excluding carboxylic acids is 1. The number of nitrogen functional groups attached to an aromatic ring is 1. The van der Waals surface area contributed by atoms with Crippen molar-refractivity contribution in [1.82, 2.24) is 0 Å². The molecule has 2 rings (SSSR count). The summed E-state index contributed by atoms with van der Waals surface area (Å²) in [4.78, 5) is 14.4. The third-order valence-electron chi connectivity index (χ3n) is 4.27. The lowest BCUT2D eigenvalue weighted by molar-refractivity contribution is -0.538. The van der Waals surface area contributed by atoms with Gasteiger partial charge in [0.15, 0.2) is 11.4 Å². The molecule has 0 aromatic heterocycles. The molecule has 7 heteroatoms. The fourth-order valence-electron chi connectivity index (χ4n) is 2.65. The molecule has 0 heterocycles. The summed E-state index contributed by atoms with van der Waals surface area (Å²) < 4.78 is 5.21. The van der Waals surface area contributed by atoms with Gasteiger partial charge in [0.2, 0.25) is 0 Å². The number of nitrogens with two attached hydrogens (primary N) is 2. The molecular weight excluding hydrogens is 354 g/mol. The molecule has 0 aliphatic heterocycles. The van der Waals surface area contributed by atoms with Crippen LogP contribution in [0.4, 0.5) is 22.7 Å². The molecule has 0 radical (unpaired) electrons. The standard InChI is InChI=1S/C21H27N5O2/c1-6-28-21(27)20(24-26(5)17-13-11-16(22)12-14-17)15(2)25(4)19-10-8-7-9-18(19)23-3/h7-14,23H,2,6,22H2,1,3-5H3/p+1/b24-20-. The summed E-state index contributed by atoms with van der Waals surface area (Å²) in [5.74, 6) is -0.528. The first-order valence-electron chi connectivity index (χ1n) is 9.05. The Morgan fingerprint density at radius 2 is 1.82 bits per heavy atom. The smallest absolute Gasteiger partial charge is 0.360 e. The number of hydrazone groups is 1. The van der Waals surface area contributed by atoms with Crippen molar-refractivity contribution in [2.75, 3.05) is 43.4 Å². The number of quaternary nitrogens is 1. The summed E-state index contributed by atoms with van der Waals surface area (Å²) >= 11 is 0.